The van der Waals surface area contributed by atoms with Crippen LogP contribution in [0.3, 0.4) is 0 Å². The molecule has 0 saturated heterocycles. The van der Waals surface area contributed by atoms with Gasteiger partial charge in [0.1, 0.15) is 0 Å². The van der Waals surface area contributed by atoms with Gasteiger partial charge in [-0.2, -0.15) is 0 Å². The summed E-state index contributed by atoms with van der Waals surface area (Å²) in [5, 5.41) is 3.06. The van der Waals surface area contributed by atoms with Crippen molar-refractivity contribution in [2.45, 2.75) is 39.0 Å². The Bertz CT molecular complexity index is 1180. The fourth-order valence-corrected chi connectivity index (χ4v) is 5.01. The maximum atomic E-state index is 13.7. The number of carbonyl (C=O) groups is 2. The molecule has 1 fully saturated rings. The SMILES string of the molecule is COc1c2c(cc3c1OCO3)CCN(C)C(C(=O)c1ccc(C)c(NC(=O)C3CCCC3)c1)=C2. The summed E-state index contributed by atoms with van der Waals surface area (Å²) >= 11 is 0. The van der Waals surface area contributed by atoms with Crippen LogP contribution in [-0.4, -0.2) is 44.1 Å². The number of anilines is 1. The first-order valence-electron chi connectivity index (χ1n) is 11.8. The quantitative estimate of drug-likeness (QED) is 0.656. The average molecular weight is 463 g/mol. The van der Waals surface area contributed by atoms with Gasteiger partial charge in [0.05, 0.1) is 12.8 Å². The van der Waals surface area contributed by atoms with E-state index < -0.39 is 0 Å². The van der Waals surface area contributed by atoms with Crippen LogP contribution < -0.4 is 19.5 Å². The number of methoxy groups -OCH3 is 1. The number of carbonyl (C=O) groups excluding carboxylic acids is 2. The van der Waals surface area contributed by atoms with Crippen LogP contribution in [0.1, 0.15) is 52.7 Å². The van der Waals surface area contributed by atoms with Crippen molar-refractivity contribution in [1.29, 1.82) is 0 Å². The van der Waals surface area contributed by atoms with E-state index in [0.29, 0.717) is 40.7 Å². The molecule has 1 amide bonds. The number of aryl methyl sites for hydroxylation is 1. The van der Waals surface area contributed by atoms with Gasteiger partial charge in [0.25, 0.3) is 0 Å². The molecule has 1 saturated carbocycles. The second-order valence-electron chi connectivity index (χ2n) is 9.25. The third-order valence-electron chi connectivity index (χ3n) is 7.07. The van der Waals surface area contributed by atoms with E-state index in [0.717, 1.165) is 48.8 Å². The second kappa shape index (κ2) is 9.05. The Morgan fingerprint density at radius 3 is 2.71 bits per heavy atom. The smallest absolute Gasteiger partial charge is 0.231 e. The van der Waals surface area contributed by atoms with Crippen molar-refractivity contribution in [3.05, 3.63) is 52.2 Å². The second-order valence-corrected chi connectivity index (χ2v) is 9.25. The number of hydrogen-bond acceptors (Lipinski definition) is 6. The molecule has 2 heterocycles. The first kappa shape index (κ1) is 22.3. The topological polar surface area (TPSA) is 77.1 Å². The molecule has 2 aromatic carbocycles. The van der Waals surface area contributed by atoms with Crippen molar-refractivity contribution in [1.82, 2.24) is 4.90 Å². The third-order valence-corrected chi connectivity index (χ3v) is 7.07. The van der Waals surface area contributed by atoms with Crippen LogP contribution in [0.4, 0.5) is 5.69 Å². The molecule has 1 aliphatic carbocycles. The molecule has 0 unspecified atom stereocenters. The number of allylic oxidation sites excluding steroid dienone is 1. The van der Waals surface area contributed by atoms with Gasteiger partial charge < -0.3 is 24.4 Å². The Morgan fingerprint density at radius 2 is 1.94 bits per heavy atom. The van der Waals surface area contributed by atoms with E-state index in [9.17, 15) is 9.59 Å². The van der Waals surface area contributed by atoms with Gasteiger partial charge >= 0.3 is 0 Å². The summed E-state index contributed by atoms with van der Waals surface area (Å²) in [5.41, 5.74) is 4.61. The van der Waals surface area contributed by atoms with Crippen LogP contribution in [0.15, 0.2) is 30.0 Å². The Hall–Kier alpha value is -3.48. The molecule has 3 aliphatic rings. The summed E-state index contributed by atoms with van der Waals surface area (Å²) in [6, 6.07) is 7.48. The van der Waals surface area contributed by atoms with Gasteiger partial charge in [-0.25, -0.2) is 0 Å². The largest absolute Gasteiger partial charge is 0.492 e. The number of nitrogens with one attached hydrogen (secondary N) is 1. The molecule has 7 heteroatoms. The molecule has 178 valence electrons. The van der Waals surface area contributed by atoms with Crippen LogP contribution in [0.2, 0.25) is 0 Å². The number of amides is 1. The number of rotatable bonds is 5. The Kier molecular flexibility index (Phi) is 5.94. The zero-order valence-electron chi connectivity index (χ0n) is 19.9. The van der Waals surface area contributed by atoms with E-state index in [-0.39, 0.29) is 24.4 Å². The van der Waals surface area contributed by atoms with Gasteiger partial charge in [-0.15, -0.1) is 0 Å². The molecule has 5 rings (SSSR count). The van der Waals surface area contributed by atoms with Gasteiger partial charge in [-0.05, 0) is 55.5 Å². The Labute approximate surface area is 199 Å². The highest BCUT2D eigenvalue weighted by atomic mass is 16.7. The molecule has 7 nitrogen and oxygen atoms in total. The minimum Gasteiger partial charge on any atom is -0.492 e. The molecule has 0 spiro atoms. The predicted octanol–water partition coefficient (Wildman–Crippen LogP) is 4.57. The van der Waals surface area contributed by atoms with Crippen molar-refractivity contribution in [2.24, 2.45) is 5.92 Å². The minimum absolute atomic E-state index is 0.0470. The number of benzene rings is 2. The monoisotopic (exact) mass is 462 g/mol. The van der Waals surface area contributed by atoms with E-state index in [1.807, 2.05) is 43.1 Å². The lowest BCUT2D eigenvalue weighted by Gasteiger charge is -2.20. The lowest BCUT2D eigenvalue weighted by Crippen LogP contribution is -2.25. The predicted molar refractivity (Wildman–Crippen MR) is 130 cm³/mol. The molecule has 1 N–H and O–H groups in total. The van der Waals surface area contributed by atoms with Crippen LogP contribution in [0.25, 0.3) is 6.08 Å². The molecule has 34 heavy (non-hydrogen) atoms. The van der Waals surface area contributed by atoms with Gasteiger partial charge in [0.15, 0.2) is 11.5 Å². The van der Waals surface area contributed by atoms with Crippen LogP contribution >= 0.6 is 0 Å². The first-order valence-corrected chi connectivity index (χ1v) is 11.8. The van der Waals surface area contributed by atoms with Gasteiger partial charge in [-0.3, -0.25) is 9.59 Å². The fourth-order valence-electron chi connectivity index (χ4n) is 5.01. The summed E-state index contributed by atoms with van der Waals surface area (Å²) in [6.45, 7) is 2.77. The number of ketones is 1. The molecular formula is C27H30N2O5. The number of Topliss-reactive ketones (excluding diaryl/α,β-unsaturated/α-hetero) is 1. The van der Waals surface area contributed by atoms with Crippen molar-refractivity contribution in [3.63, 3.8) is 0 Å². The molecule has 0 atom stereocenters. The van der Waals surface area contributed by atoms with E-state index in [1.165, 1.54) is 0 Å². The molecule has 2 aromatic rings. The zero-order valence-corrected chi connectivity index (χ0v) is 19.9. The number of likely N-dealkylation sites (N-methyl/N-ethyl adjacent to an activating group) is 1. The molecular weight excluding hydrogens is 432 g/mol. The van der Waals surface area contributed by atoms with Gasteiger partial charge in [0.2, 0.25) is 24.2 Å². The maximum absolute atomic E-state index is 13.7. The van der Waals surface area contributed by atoms with Crippen LogP contribution in [-0.2, 0) is 11.2 Å². The molecule has 0 radical (unpaired) electrons. The van der Waals surface area contributed by atoms with Crippen LogP contribution in [0, 0.1) is 12.8 Å². The zero-order chi connectivity index (χ0) is 23.8. The molecule has 0 bridgehead atoms. The standard InChI is InChI=1S/C27H30N2O5/c1-16-8-9-19(12-21(16)28-27(31)17-6-4-5-7-17)24(30)22-14-20-18(10-11-29(22)2)13-23-26(25(20)32-3)34-15-33-23/h8-9,12-14,17H,4-7,10-11,15H2,1-3H3,(H,28,31). The fraction of sp³-hybridized carbons (Fsp3) is 0.407. The lowest BCUT2D eigenvalue weighted by atomic mass is 9.99. The summed E-state index contributed by atoms with van der Waals surface area (Å²) in [5.74, 6) is 1.83. The van der Waals surface area contributed by atoms with E-state index in [4.69, 9.17) is 14.2 Å². The van der Waals surface area contributed by atoms with Crippen LogP contribution in [0.5, 0.6) is 17.2 Å². The highest BCUT2D eigenvalue weighted by molar-refractivity contribution is 6.12. The molecule has 0 aromatic heterocycles. The molecule has 2 aliphatic heterocycles. The number of fused-ring (bicyclic) bond motifs is 2. The lowest BCUT2D eigenvalue weighted by molar-refractivity contribution is -0.119. The number of ether oxygens (including phenoxy) is 3. The maximum Gasteiger partial charge on any atom is 0.231 e. The summed E-state index contributed by atoms with van der Waals surface area (Å²) in [6.07, 6.45) is 6.68. The van der Waals surface area contributed by atoms with Crippen molar-refractivity contribution >= 4 is 23.5 Å². The van der Waals surface area contributed by atoms with Gasteiger partial charge in [-0.1, -0.05) is 25.0 Å². The third kappa shape index (κ3) is 4.00. The Morgan fingerprint density at radius 1 is 1.15 bits per heavy atom. The summed E-state index contributed by atoms with van der Waals surface area (Å²) < 4.78 is 16.9. The van der Waals surface area contributed by atoms with Crippen molar-refractivity contribution in [2.75, 3.05) is 32.8 Å². The van der Waals surface area contributed by atoms with Gasteiger partial charge in [0, 0.05) is 36.3 Å². The summed E-state index contributed by atoms with van der Waals surface area (Å²) in [4.78, 5) is 28.4. The summed E-state index contributed by atoms with van der Waals surface area (Å²) in [7, 11) is 3.51. The highest BCUT2D eigenvalue weighted by Gasteiger charge is 2.29. The Balaban J connectivity index is 1.49. The minimum atomic E-state index is -0.105. The number of hydrogen-bond donors (Lipinski definition) is 1. The van der Waals surface area contributed by atoms with Crippen molar-refractivity contribution < 1.29 is 23.8 Å². The van der Waals surface area contributed by atoms with E-state index in [1.54, 1.807) is 13.2 Å². The van der Waals surface area contributed by atoms with E-state index in [2.05, 4.69) is 5.32 Å². The first-order chi connectivity index (χ1) is 16.5. The van der Waals surface area contributed by atoms with E-state index >= 15 is 0 Å². The average Bonchev–Trinajstić information content (AvgIpc) is 3.51. The van der Waals surface area contributed by atoms with Crippen molar-refractivity contribution in [3.8, 4) is 17.2 Å². The number of nitrogens with zero attached hydrogens (tertiary/aromatic N) is 1. The normalized spacial score (nSPS) is 17.1. The highest BCUT2D eigenvalue weighted by Crippen LogP contribution is 2.46.